The molecule has 0 amide bonds. The lowest BCUT2D eigenvalue weighted by Crippen LogP contribution is -2.18. The molecule has 0 aliphatic carbocycles. The van der Waals surface area contributed by atoms with Crippen LogP contribution in [-0.4, -0.2) is 34.9 Å². The first-order valence-corrected chi connectivity index (χ1v) is 5.56. The van der Waals surface area contributed by atoms with Crippen LogP contribution in [0, 0.1) is 11.3 Å². The number of anilines is 1. The Labute approximate surface area is 107 Å². The highest BCUT2D eigenvalue weighted by molar-refractivity contribution is 5.63. The molecule has 0 N–H and O–H groups in total. The second-order valence-electron chi connectivity index (χ2n) is 3.71. The number of hydrogen-bond acceptors (Lipinski definition) is 5. The molecule has 0 fully saturated rings. The Morgan fingerprint density at radius 1 is 1.11 bits per heavy atom. The number of ether oxygens (including phenoxy) is 3. The quantitative estimate of drug-likeness (QED) is 0.773. The molecule has 0 heterocycles. The molecule has 98 valence electrons. The molecule has 0 saturated heterocycles. The first-order chi connectivity index (χ1) is 8.67. The lowest BCUT2D eigenvalue weighted by molar-refractivity contribution is 0.324. The molecule has 0 aliphatic rings. The number of hydrogen-bond donors (Lipinski definition) is 0. The van der Waals surface area contributed by atoms with E-state index < -0.39 is 0 Å². The Bertz CT molecular complexity index is 415. The Hall–Kier alpha value is -2.09. The van der Waals surface area contributed by atoms with E-state index >= 15 is 0 Å². The van der Waals surface area contributed by atoms with E-state index in [2.05, 4.69) is 6.07 Å². The van der Waals surface area contributed by atoms with Crippen LogP contribution in [0.15, 0.2) is 12.1 Å². The molecule has 0 bridgehead atoms. The Morgan fingerprint density at radius 3 is 2.06 bits per heavy atom. The zero-order valence-corrected chi connectivity index (χ0v) is 11.2. The van der Waals surface area contributed by atoms with Crippen LogP contribution in [0.3, 0.4) is 0 Å². The van der Waals surface area contributed by atoms with Crippen molar-refractivity contribution in [1.29, 1.82) is 5.26 Å². The van der Waals surface area contributed by atoms with Crippen LogP contribution in [-0.2, 0) is 0 Å². The van der Waals surface area contributed by atoms with Crippen molar-refractivity contribution in [2.75, 3.05) is 39.8 Å². The van der Waals surface area contributed by atoms with Crippen LogP contribution in [0.4, 0.5) is 5.69 Å². The molecule has 0 saturated carbocycles. The molecule has 0 aromatic heterocycles. The summed E-state index contributed by atoms with van der Waals surface area (Å²) in [7, 11) is 6.64. The van der Waals surface area contributed by atoms with E-state index in [1.54, 1.807) is 21.3 Å². The van der Waals surface area contributed by atoms with Gasteiger partial charge in [0.15, 0.2) is 11.5 Å². The first-order valence-electron chi connectivity index (χ1n) is 5.56. The summed E-state index contributed by atoms with van der Waals surface area (Å²) in [4.78, 5) is 1.97. The van der Waals surface area contributed by atoms with Gasteiger partial charge in [-0.2, -0.15) is 5.26 Å². The normalized spacial score (nSPS) is 9.50. The fourth-order valence-electron chi connectivity index (χ4n) is 1.63. The lowest BCUT2D eigenvalue weighted by atomic mass is 10.2. The fourth-order valence-corrected chi connectivity index (χ4v) is 1.63. The number of rotatable bonds is 6. The van der Waals surface area contributed by atoms with E-state index in [4.69, 9.17) is 19.5 Å². The second kappa shape index (κ2) is 6.60. The van der Waals surface area contributed by atoms with Crippen LogP contribution in [0.25, 0.3) is 0 Å². The lowest BCUT2D eigenvalue weighted by Gasteiger charge is -2.21. The highest BCUT2D eigenvalue weighted by Gasteiger charge is 2.14. The molecule has 0 spiro atoms. The van der Waals surface area contributed by atoms with Crippen molar-refractivity contribution >= 4 is 5.69 Å². The van der Waals surface area contributed by atoms with Crippen molar-refractivity contribution < 1.29 is 14.2 Å². The molecule has 0 radical (unpaired) electrons. The van der Waals surface area contributed by atoms with Gasteiger partial charge in [-0.15, -0.1) is 0 Å². The standard InChI is InChI=1S/C13H18N2O3/c1-15(7-5-6-14)10-8-11(16-2)13(18-4)12(9-10)17-3/h8-9H,5,7H2,1-4H3. The maximum absolute atomic E-state index is 8.60. The Morgan fingerprint density at radius 2 is 1.67 bits per heavy atom. The minimum absolute atomic E-state index is 0.465. The highest BCUT2D eigenvalue weighted by Crippen LogP contribution is 2.40. The monoisotopic (exact) mass is 250 g/mol. The molecular formula is C13H18N2O3. The van der Waals surface area contributed by atoms with Gasteiger partial charge >= 0.3 is 0 Å². The topological polar surface area (TPSA) is 54.7 Å². The first kappa shape index (κ1) is 14.0. The molecule has 0 unspecified atom stereocenters. The van der Waals surface area contributed by atoms with Crippen molar-refractivity contribution in [3.8, 4) is 23.3 Å². The third-order valence-electron chi connectivity index (χ3n) is 2.65. The second-order valence-corrected chi connectivity index (χ2v) is 3.71. The SMILES string of the molecule is COc1cc(N(C)CCC#N)cc(OC)c1OC. The third kappa shape index (κ3) is 2.98. The Kier molecular flexibility index (Phi) is 5.12. The van der Waals surface area contributed by atoms with Crippen molar-refractivity contribution in [3.63, 3.8) is 0 Å². The molecular weight excluding hydrogens is 232 g/mol. The van der Waals surface area contributed by atoms with Crippen LogP contribution < -0.4 is 19.1 Å². The maximum Gasteiger partial charge on any atom is 0.203 e. The fraction of sp³-hybridized carbons (Fsp3) is 0.462. The number of nitriles is 1. The summed E-state index contributed by atoms with van der Waals surface area (Å²) in [6, 6.07) is 5.84. The molecule has 1 aromatic rings. The minimum atomic E-state index is 0.465. The molecule has 1 aromatic carbocycles. The minimum Gasteiger partial charge on any atom is -0.493 e. The van der Waals surface area contributed by atoms with Crippen LogP contribution >= 0.6 is 0 Å². The molecule has 0 aliphatic heterocycles. The van der Waals surface area contributed by atoms with E-state index in [0.717, 1.165) is 5.69 Å². The smallest absolute Gasteiger partial charge is 0.203 e. The third-order valence-corrected chi connectivity index (χ3v) is 2.65. The van der Waals surface area contributed by atoms with Crippen LogP contribution in [0.1, 0.15) is 6.42 Å². The molecule has 5 heteroatoms. The van der Waals surface area contributed by atoms with Gasteiger partial charge in [0, 0.05) is 31.4 Å². The predicted octanol–water partition coefficient (Wildman–Crippen LogP) is 2.06. The van der Waals surface area contributed by atoms with E-state index in [-0.39, 0.29) is 0 Å². The maximum atomic E-state index is 8.60. The van der Waals surface area contributed by atoms with Gasteiger partial charge in [0.2, 0.25) is 5.75 Å². The van der Waals surface area contributed by atoms with Crippen molar-refractivity contribution in [3.05, 3.63) is 12.1 Å². The van der Waals surface area contributed by atoms with E-state index in [9.17, 15) is 0 Å². The van der Waals surface area contributed by atoms with Gasteiger partial charge in [-0.05, 0) is 0 Å². The summed E-state index contributed by atoms with van der Waals surface area (Å²) in [6.07, 6.45) is 0.465. The largest absolute Gasteiger partial charge is 0.493 e. The van der Waals surface area contributed by atoms with Gasteiger partial charge in [0.1, 0.15) is 0 Å². The molecule has 18 heavy (non-hydrogen) atoms. The average molecular weight is 250 g/mol. The number of nitrogens with zero attached hydrogens (tertiary/aromatic N) is 2. The summed E-state index contributed by atoms with van der Waals surface area (Å²) in [5.74, 6) is 1.78. The summed E-state index contributed by atoms with van der Waals surface area (Å²) >= 11 is 0. The summed E-state index contributed by atoms with van der Waals surface area (Å²) in [5.41, 5.74) is 0.916. The molecule has 5 nitrogen and oxygen atoms in total. The molecule has 1 rings (SSSR count). The highest BCUT2D eigenvalue weighted by atomic mass is 16.5. The van der Waals surface area contributed by atoms with E-state index in [1.165, 1.54) is 0 Å². The summed E-state index contributed by atoms with van der Waals surface area (Å²) in [5, 5.41) is 8.60. The van der Waals surface area contributed by atoms with Crippen molar-refractivity contribution in [1.82, 2.24) is 0 Å². The zero-order valence-electron chi connectivity index (χ0n) is 11.2. The van der Waals surface area contributed by atoms with Gasteiger partial charge in [0.05, 0.1) is 33.8 Å². The van der Waals surface area contributed by atoms with Crippen LogP contribution in [0.5, 0.6) is 17.2 Å². The summed E-state index contributed by atoms with van der Waals surface area (Å²) < 4.78 is 15.8. The predicted molar refractivity (Wildman–Crippen MR) is 69.6 cm³/mol. The van der Waals surface area contributed by atoms with Gasteiger partial charge in [-0.3, -0.25) is 0 Å². The number of benzene rings is 1. The van der Waals surface area contributed by atoms with Gasteiger partial charge < -0.3 is 19.1 Å². The van der Waals surface area contributed by atoms with Crippen molar-refractivity contribution in [2.24, 2.45) is 0 Å². The zero-order chi connectivity index (χ0) is 13.5. The average Bonchev–Trinajstić information content (AvgIpc) is 2.42. The summed E-state index contributed by atoms with van der Waals surface area (Å²) in [6.45, 7) is 0.648. The van der Waals surface area contributed by atoms with E-state index in [0.29, 0.717) is 30.2 Å². The van der Waals surface area contributed by atoms with Crippen molar-refractivity contribution in [2.45, 2.75) is 6.42 Å². The Balaban J connectivity index is 3.11. The number of methoxy groups -OCH3 is 3. The van der Waals surface area contributed by atoms with Gasteiger partial charge in [-0.25, -0.2) is 0 Å². The van der Waals surface area contributed by atoms with Crippen LogP contribution in [0.2, 0.25) is 0 Å². The van der Waals surface area contributed by atoms with E-state index in [1.807, 2.05) is 24.1 Å². The van der Waals surface area contributed by atoms with Gasteiger partial charge in [0.25, 0.3) is 0 Å². The molecule has 0 atom stereocenters. The van der Waals surface area contributed by atoms with Gasteiger partial charge in [-0.1, -0.05) is 0 Å².